The van der Waals surface area contributed by atoms with Crippen LogP contribution in [-0.2, 0) is 13.1 Å². The van der Waals surface area contributed by atoms with Crippen LogP contribution in [0.3, 0.4) is 0 Å². The van der Waals surface area contributed by atoms with Crippen molar-refractivity contribution < 1.29 is 9.90 Å². The first-order valence-corrected chi connectivity index (χ1v) is 9.03. The van der Waals surface area contributed by atoms with Crippen molar-refractivity contribution in [2.75, 3.05) is 6.54 Å². The smallest absolute Gasteiger partial charge is 0.257 e. The van der Waals surface area contributed by atoms with Gasteiger partial charge < -0.3 is 10.0 Å². The number of hydrogen-bond acceptors (Lipinski definition) is 4. The summed E-state index contributed by atoms with van der Waals surface area (Å²) >= 11 is 0. The summed E-state index contributed by atoms with van der Waals surface area (Å²) in [6.07, 6.45) is 4.24. The average Bonchev–Trinajstić information content (AvgIpc) is 3.08. The van der Waals surface area contributed by atoms with Crippen LogP contribution in [0.5, 0.6) is 0 Å². The molecule has 0 bridgehead atoms. The van der Waals surface area contributed by atoms with Crippen LogP contribution in [0.15, 0.2) is 61.1 Å². The highest BCUT2D eigenvalue weighted by atomic mass is 16.3. The number of carbonyl (C=O) groups excluding carboxylic acids is 1. The lowest BCUT2D eigenvalue weighted by Gasteiger charge is -2.25. The second kappa shape index (κ2) is 8.60. The van der Waals surface area contributed by atoms with Crippen LogP contribution in [0.4, 0.5) is 0 Å². The zero-order chi connectivity index (χ0) is 19.2. The van der Waals surface area contributed by atoms with Gasteiger partial charge in [-0.1, -0.05) is 30.3 Å². The Labute approximate surface area is 159 Å². The number of nitrogens with zero attached hydrogens (tertiary/aromatic N) is 4. The van der Waals surface area contributed by atoms with Crippen molar-refractivity contribution in [1.29, 1.82) is 0 Å². The lowest BCUT2D eigenvalue weighted by molar-refractivity contribution is 0.0603. The summed E-state index contributed by atoms with van der Waals surface area (Å²) < 4.78 is 1.80. The predicted octanol–water partition coefficient (Wildman–Crippen LogP) is 2.98. The highest BCUT2D eigenvalue weighted by Crippen LogP contribution is 2.19. The molecule has 6 nitrogen and oxygen atoms in total. The summed E-state index contributed by atoms with van der Waals surface area (Å²) in [6, 6.07) is 13.1. The monoisotopic (exact) mass is 364 g/mol. The highest BCUT2D eigenvalue weighted by molar-refractivity contribution is 5.95. The van der Waals surface area contributed by atoms with Crippen molar-refractivity contribution in [1.82, 2.24) is 19.7 Å². The Hall–Kier alpha value is -2.99. The van der Waals surface area contributed by atoms with Crippen molar-refractivity contribution in [3.8, 4) is 0 Å². The summed E-state index contributed by atoms with van der Waals surface area (Å²) in [7, 11) is 0. The van der Waals surface area contributed by atoms with Gasteiger partial charge in [-0.25, -0.2) is 0 Å². The van der Waals surface area contributed by atoms with E-state index >= 15 is 0 Å². The number of amides is 1. The average molecular weight is 364 g/mol. The Bertz CT molecular complexity index is 878. The number of carbonyl (C=O) groups is 1. The number of aliphatic hydroxyl groups excluding tert-OH is 1. The van der Waals surface area contributed by atoms with Crippen molar-refractivity contribution in [2.45, 2.75) is 33.0 Å². The molecular weight excluding hydrogens is 340 g/mol. The Morgan fingerprint density at radius 1 is 1.19 bits per heavy atom. The molecule has 1 N–H and O–H groups in total. The van der Waals surface area contributed by atoms with Gasteiger partial charge in [-0.05, 0) is 37.1 Å². The third-order valence-electron chi connectivity index (χ3n) is 4.62. The maximum atomic E-state index is 13.2. The molecule has 27 heavy (non-hydrogen) atoms. The van der Waals surface area contributed by atoms with Crippen LogP contribution in [-0.4, -0.2) is 37.2 Å². The van der Waals surface area contributed by atoms with E-state index in [9.17, 15) is 9.90 Å². The number of pyridine rings is 1. The van der Waals surface area contributed by atoms with Gasteiger partial charge in [0, 0.05) is 31.2 Å². The number of aryl methyl sites for hydroxylation is 1. The van der Waals surface area contributed by atoms with Crippen molar-refractivity contribution in [3.05, 3.63) is 83.4 Å². The Morgan fingerprint density at radius 3 is 2.52 bits per heavy atom. The van der Waals surface area contributed by atoms with E-state index in [-0.39, 0.29) is 12.5 Å². The maximum Gasteiger partial charge on any atom is 0.257 e. The van der Waals surface area contributed by atoms with Gasteiger partial charge >= 0.3 is 0 Å². The maximum absolute atomic E-state index is 13.2. The lowest BCUT2D eigenvalue weighted by atomic mass is 10.1. The molecule has 0 aliphatic carbocycles. The molecule has 6 heteroatoms. The largest absolute Gasteiger partial charge is 0.387 e. The van der Waals surface area contributed by atoms with Crippen LogP contribution in [0.25, 0.3) is 0 Å². The fraction of sp³-hybridized carbons (Fsp3) is 0.286. The third kappa shape index (κ3) is 4.41. The molecule has 0 spiro atoms. The fourth-order valence-corrected chi connectivity index (χ4v) is 3.06. The van der Waals surface area contributed by atoms with E-state index in [1.165, 1.54) is 0 Å². The summed E-state index contributed by atoms with van der Waals surface area (Å²) in [6.45, 7) is 5.17. The van der Waals surface area contributed by atoms with Gasteiger partial charge in [0.1, 0.15) is 0 Å². The first-order chi connectivity index (χ1) is 13.1. The van der Waals surface area contributed by atoms with E-state index in [1.54, 1.807) is 28.2 Å². The predicted molar refractivity (Wildman–Crippen MR) is 103 cm³/mol. The zero-order valence-corrected chi connectivity index (χ0v) is 15.6. The molecule has 0 fully saturated rings. The molecule has 1 aromatic carbocycles. The molecule has 3 aromatic rings. The quantitative estimate of drug-likeness (QED) is 0.700. The van der Waals surface area contributed by atoms with Crippen LogP contribution in [0.1, 0.15) is 40.2 Å². The minimum atomic E-state index is -0.765. The SMILES string of the molecule is CCn1ncc(C(=O)N(Cc2ccncc2)CC(O)c2ccccc2)c1C. The molecule has 1 atom stereocenters. The van der Waals surface area contributed by atoms with E-state index in [0.29, 0.717) is 18.7 Å². The van der Waals surface area contributed by atoms with Crippen LogP contribution in [0, 0.1) is 6.92 Å². The van der Waals surface area contributed by atoms with E-state index in [2.05, 4.69) is 10.1 Å². The molecule has 2 aromatic heterocycles. The fourth-order valence-electron chi connectivity index (χ4n) is 3.06. The standard InChI is InChI=1S/C21H24N4O2/c1-3-25-16(2)19(13-23-25)21(27)24(14-17-9-11-22-12-10-17)15-20(26)18-7-5-4-6-8-18/h4-13,20,26H,3,14-15H2,1-2H3. The third-order valence-corrected chi connectivity index (χ3v) is 4.62. The van der Waals surface area contributed by atoms with E-state index in [4.69, 9.17) is 0 Å². The van der Waals surface area contributed by atoms with Gasteiger partial charge in [-0.15, -0.1) is 0 Å². The second-order valence-electron chi connectivity index (χ2n) is 6.43. The summed E-state index contributed by atoms with van der Waals surface area (Å²) in [5.41, 5.74) is 3.13. The molecule has 2 heterocycles. The van der Waals surface area contributed by atoms with Crippen LogP contribution < -0.4 is 0 Å². The summed E-state index contributed by atoms with van der Waals surface area (Å²) in [4.78, 5) is 18.9. The molecule has 140 valence electrons. The van der Waals surface area contributed by atoms with Gasteiger partial charge in [-0.3, -0.25) is 14.5 Å². The molecule has 3 rings (SSSR count). The van der Waals surface area contributed by atoms with Gasteiger partial charge in [-0.2, -0.15) is 5.10 Å². The Morgan fingerprint density at radius 2 is 1.89 bits per heavy atom. The Kier molecular flexibility index (Phi) is 5.98. The molecule has 0 radical (unpaired) electrons. The normalized spacial score (nSPS) is 12.0. The van der Waals surface area contributed by atoms with Gasteiger partial charge in [0.05, 0.1) is 24.4 Å². The molecule has 1 amide bonds. The van der Waals surface area contributed by atoms with E-state index in [1.807, 2.05) is 56.3 Å². The number of benzene rings is 1. The second-order valence-corrected chi connectivity index (χ2v) is 6.43. The van der Waals surface area contributed by atoms with Crippen molar-refractivity contribution in [3.63, 3.8) is 0 Å². The number of rotatable bonds is 7. The molecule has 0 aliphatic rings. The molecule has 0 saturated heterocycles. The van der Waals surface area contributed by atoms with Crippen molar-refractivity contribution in [2.24, 2.45) is 0 Å². The molecular formula is C21H24N4O2. The number of aromatic nitrogens is 3. The van der Waals surface area contributed by atoms with Crippen LogP contribution >= 0.6 is 0 Å². The van der Waals surface area contributed by atoms with Crippen LogP contribution in [0.2, 0.25) is 0 Å². The molecule has 1 unspecified atom stereocenters. The minimum Gasteiger partial charge on any atom is -0.387 e. The molecule has 0 saturated carbocycles. The lowest BCUT2D eigenvalue weighted by Crippen LogP contribution is -2.34. The van der Waals surface area contributed by atoms with Gasteiger partial charge in [0.25, 0.3) is 5.91 Å². The minimum absolute atomic E-state index is 0.140. The summed E-state index contributed by atoms with van der Waals surface area (Å²) in [5.74, 6) is -0.140. The Balaban J connectivity index is 1.86. The van der Waals surface area contributed by atoms with Gasteiger partial charge in [0.15, 0.2) is 0 Å². The van der Waals surface area contributed by atoms with Gasteiger partial charge in [0.2, 0.25) is 0 Å². The summed E-state index contributed by atoms with van der Waals surface area (Å²) in [5, 5.41) is 14.9. The zero-order valence-electron chi connectivity index (χ0n) is 15.6. The first-order valence-electron chi connectivity index (χ1n) is 9.03. The first kappa shape index (κ1) is 18.8. The number of aliphatic hydroxyl groups is 1. The van der Waals surface area contributed by atoms with Crippen molar-refractivity contribution >= 4 is 5.91 Å². The van der Waals surface area contributed by atoms with E-state index in [0.717, 1.165) is 16.8 Å². The topological polar surface area (TPSA) is 71.2 Å². The number of hydrogen-bond donors (Lipinski definition) is 1. The molecule has 0 aliphatic heterocycles. The van der Waals surface area contributed by atoms with E-state index < -0.39 is 6.10 Å². The highest BCUT2D eigenvalue weighted by Gasteiger charge is 2.23.